The van der Waals surface area contributed by atoms with Crippen molar-refractivity contribution < 1.29 is 14.4 Å². The molecule has 136 valence electrons. The lowest BCUT2D eigenvalue weighted by molar-refractivity contribution is -0.122. The fourth-order valence-electron chi connectivity index (χ4n) is 4.35. The van der Waals surface area contributed by atoms with Crippen LogP contribution in [-0.4, -0.2) is 21.1 Å². The van der Waals surface area contributed by atoms with Gasteiger partial charge < -0.3 is 9.40 Å². The smallest absolute Gasteiger partial charge is 0.269 e. The maximum Gasteiger partial charge on any atom is 0.269 e. The first-order chi connectivity index (χ1) is 13.6. The van der Waals surface area contributed by atoms with Crippen LogP contribution in [0.25, 0.3) is 33.0 Å². The van der Waals surface area contributed by atoms with Gasteiger partial charge in [0.2, 0.25) is 0 Å². The van der Waals surface area contributed by atoms with E-state index < -0.39 is 0 Å². The van der Waals surface area contributed by atoms with Crippen LogP contribution in [0.1, 0.15) is 16.7 Å². The van der Waals surface area contributed by atoms with Crippen LogP contribution in [0.3, 0.4) is 0 Å². The molecule has 0 bridgehead atoms. The van der Waals surface area contributed by atoms with Crippen LogP contribution in [0.15, 0.2) is 48.7 Å². The number of hydrogen-bond acceptors (Lipinski definition) is 3. The summed E-state index contributed by atoms with van der Waals surface area (Å²) in [5.41, 5.74) is 5.16. The quantitative estimate of drug-likeness (QED) is 0.384. The van der Waals surface area contributed by atoms with E-state index in [-0.39, 0.29) is 11.8 Å². The summed E-state index contributed by atoms with van der Waals surface area (Å²) in [5.74, 6) is -0.137. The van der Waals surface area contributed by atoms with E-state index in [0.717, 1.165) is 32.9 Å². The minimum absolute atomic E-state index is 0.376. The monoisotopic (exact) mass is 369 g/mol. The highest BCUT2D eigenvalue weighted by Gasteiger charge is 2.42. The number of imide groups is 1. The molecule has 2 aromatic carbocycles. The molecule has 2 aromatic heterocycles. The Balaban J connectivity index is 1.74. The minimum atomic E-state index is -0.387. The molecule has 0 saturated heterocycles. The van der Waals surface area contributed by atoms with Gasteiger partial charge in [0.25, 0.3) is 17.7 Å². The van der Waals surface area contributed by atoms with Crippen LogP contribution >= 0.6 is 0 Å². The zero-order valence-corrected chi connectivity index (χ0v) is 15.2. The predicted molar refractivity (Wildman–Crippen MR) is 106 cm³/mol. The summed E-state index contributed by atoms with van der Waals surface area (Å²) >= 11 is 0. The summed E-state index contributed by atoms with van der Waals surface area (Å²) in [6, 6.07) is 13.8. The summed E-state index contributed by atoms with van der Waals surface area (Å²) in [7, 11) is 1.93. The topological polar surface area (TPSA) is 68.6 Å². The number of hydrogen-bond donors (Lipinski definition) is 1. The molecule has 4 heterocycles. The molecule has 0 fully saturated rings. The maximum atomic E-state index is 12.9. The molecule has 6 nitrogen and oxygen atoms in total. The largest absolute Gasteiger partial charge is 0.350 e. The fraction of sp³-hybridized carbons (Fsp3) is 0.0909. The lowest BCUT2D eigenvalue weighted by Gasteiger charge is -2.05. The fourth-order valence-corrected chi connectivity index (χ4v) is 4.35. The molecular weight excluding hydrogens is 354 g/mol. The Morgan fingerprint density at radius 3 is 2.54 bits per heavy atom. The lowest BCUT2D eigenvalue weighted by Crippen LogP contribution is -2.22. The average molecular weight is 369 g/mol. The third-order valence-corrected chi connectivity index (χ3v) is 5.61. The zero-order valence-electron chi connectivity index (χ0n) is 15.2. The number of fused-ring (bicyclic) bond motifs is 4. The standard InChI is InChI=1S/C22H15N3O3/c1-11-6-5-9-15-16(11)19(22-25(15)28-22)18-17(20(26)23-21(18)27)13-10-24(2)14-8-4-3-7-12(13)14/h3-10H,1-2H3,(H,23,26,27). The molecule has 4 aromatic rings. The first-order valence-corrected chi connectivity index (χ1v) is 9.03. The summed E-state index contributed by atoms with van der Waals surface area (Å²) in [6.07, 6.45) is 1.91. The van der Waals surface area contributed by atoms with Gasteiger partial charge in [-0.3, -0.25) is 14.9 Å². The van der Waals surface area contributed by atoms with Gasteiger partial charge in [0.05, 0.1) is 22.2 Å². The van der Waals surface area contributed by atoms with Gasteiger partial charge in [-0.25, -0.2) is 0 Å². The van der Waals surface area contributed by atoms with E-state index in [4.69, 9.17) is 4.84 Å². The Morgan fingerprint density at radius 2 is 1.68 bits per heavy atom. The number of carbonyl (C=O) groups is 2. The number of amides is 2. The molecule has 6 rings (SSSR count). The molecular formula is C22H15N3O3. The molecule has 0 radical (unpaired) electrons. The van der Waals surface area contributed by atoms with Crippen LogP contribution < -0.4 is 10.2 Å². The van der Waals surface area contributed by atoms with Crippen LogP contribution in [0.4, 0.5) is 0 Å². The van der Waals surface area contributed by atoms with Crippen molar-refractivity contribution in [2.45, 2.75) is 6.92 Å². The second kappa shape index (κ2) is 4.92. The number of nitrogens with zero attached hydrogens (tertiary/aromatic N) is 2. The van der Waals surface area contributed by atoms with Crippen molar-refractivity contribution in [1.29, 1.82) is 0 Å². The second-order valence-electron chi connectivity index (χ2n) is 7.24. The third kappa shape index (κ3) is 1.76. The number of para-hydroxylation sites is 1. The predicted octanol–water partition coefficient (Wildman–Crippen LogP) is 3.16. The van der Waals surface area contributed by atoms with Gasteiger partial charge in [-0.2, -0.15) is 0 Å². The Morgan fingerprint density at radius 1 is 0.929 bits per heavy atom. The molecule has 0 spiro atoms. The Kier molecular flexibility index (Phi) is 2.69. The normalized spacial score (nSPS) is 15.4. The summed E-state index contributed by atoms with van der Waals surface area (Å²) in [4.78, 5) is 31.3. The molecule has 1 N–H and O–H groups in total. The highest BCUT2D eigenvalue weighted by molar-refractivity contribution is 6.51. The van der Waals surface area contributed by atoms with E-state index in [0.29, 0.717) is 22.6 Å². The molecule has 2 amide bonds. The van der Waals surface area contributed by atoms with Crippen LogP contribution in [0, 0.1) is 6.92 Å². The van der Waals surface area contributed by atoms with Crippen molar-refractivity contribution in [3.8, 4) is 5.88 Å². The summed E-state index contributed by atoms with van der Waals surface area (Å²) in [6.45, 7) is 2.00. The molecule has 0 atom stereocenters. The zero-order chi connectivity index (χ0) is 19.2. The van der Waals surface area contributed by atoms with E-state index in [2.05, 4.69) is 5.32 Å². The number of benzene rings is 2. The number of rotatable bonds is 2. The van der Waals surface area contributed by atoms with Gasteiger partial charge in [-0.15, -0.1) is 4.73 Å². The van der Waals surface area contributed by atoms with Gasteiger partial charge in [0, 0.05) is 35.1 Å². The van der Waals surface area contributed by atoms with Gasteiger partial charge in [0.15, 0.2) is 0 Å². The van der Waals surface area contributed by atoms with Crippen molar-refractivity contribution in [3.05, 3.63) is 65.4 Å². The number of aromatic nitrogens is 2. The summed E-state index contributed by atoms with van der Waals surface area (Å²) in [5, 5.41) is 4.37. The van der Waals surface area contributed by atoms with Crippen molar-refractivity contribution >= 4 is 44.8 Å². The maximum absolute atomic E-state index is 12.9. The number of aryl methyl sites for hydroxylation is 2. The molecule has 2 aliphatic heterocycles. The van der Waals surface area contributed by atoms with Gasteiger partial charge in [0.1, 0.15) is 0 Å². The van der Waals surface area contributed by atoms with E-state index in [1.54, 1.807) is 4.73 Å². The first kappa shape index (κ1) is 15.3. The van der Waals surface area contributed by atoms with Gasteiger partial charge in [-0.05, 0) is 24.6 Å². The van der Waals surface area contributed by atoms with E-state index in [1.165, 1.54) is 0 Å². The summed E-state index contributed by atoms with van der Waals surface area (Å²) < 4.78 is 3.68. The van der Waals surface area contributed by atoms with Crippen molar-refractivity contribution in [2.75, 3.05) is 0 Å². The van der Waals surface area contributed by atoms with Crippen LogP contribution in [0.5, 0.6) is 5.88 Å². The lowest BCUT2D eigenvalue weighted by atomic mass is 9.94. The Bertz CT molecular complexity index is 1420. The Labute approximate surface area is 159 Å². The first-order valence-electron chi connectivity index (χ1n) is 9.03. The highest BCUT2D eigenvalue weighted by atomic mass is 16.8. The number of nitrogens with one attached hydrogen (secondary N) is 1. The van der Waals surface area contributed by atoms with E-state index >= 15 is 0 Å². The minimum Gasteiger partial charge on any atom is -0.350 e. The molecule has 28 heavy (non-hydrogen) atoms. The Hall–Kier alpha value is -3.80. The van der Waals surface area contributed by atoms with Crippen LogP contribution in [-0.2, 0) is 16.6 Å². The number of carbonyl (C=O) groups excluding carboxylic acids is 2. The van der Waals surface area contributed by atoms with Crippen molar-refractivity contribution in [1.82, 2.24) is 14.6 Å². The van der Waals surface area contributed by atoms with Crippen molar-refractivity contribution in [3.63, 3.8) is 0 Å². The van der Waals surface area contributed by atoms with Gasteiger partial charge >= 0.3 is 0 Å². The third-order valence-electron chi connectivity index (χ3n) is 5.61. The molecule has 0 aliphatic carbocycles. The van der Waals surface area contributed by atoms with Crippen LogP contribution in [0.2, 0.25) is 0 Å². The SMILES string of the molecule is Cc1cccc2c1c(C1=C(c3cn(C)c4ccccc34)C(=O)NC1=O)c1n2O1. The van der Waals surface area contributed by atoms with Crippen molar-refractivity contribution in [2.24, 2.45) is 7.05 Å². The molecule has 6 heteroatoms. The average Bonchev–Trinajstić information content (AvgIpc) is 3.20. The molecule has 0 unspecified atom stereocenters. The highest BCUT2D eigenvalue weighted by Crippen LogP contribution is 2.49. The van der Waals surface area contributed by atoms with E-state index in [9.17, 15) is 9.59 Å². The van der Waals surface area contributed by atoms with E-state index in [1.807, 2.05) is 67.2 Å². The second-order valence-corrected chi connectivity index (χ2v) is 7.24. The van der Waals surface area contributed by atoms with Gasteiger partial charge in [-0.1, -0.05) is 30.3 Å². The molecule has 0 saturated carbocycles. The molecule has 2 aliphatic rings.